The van der Waals surface area contributed by atoms with Gasteiger partial charge in [0.25, 0.3) is 0 Å². The smallest absolute Gasteiger partial charge is 0.164 e. The first kappa shape index (κ1) is 33.6. The number of aromatic nitrogens is 4. The molecule has 4 nitrogen and oxygen atoms in total. The van der Waals surface area contributed by atoms with Crippen LogP contribution in [0.3, 0.4) is 0 Å². The van der Waals surface area contributed by atoms with Crippen LogP contribution in [0, 0.1) is 0 Å². The molecule has 0 bridgehead atoms. The molecule has 0 spiro atoms. The van der Waals surface area contributed by atoms with Crippen molar-refractivity contribution >= 4 is 10.9 Å². The SMILES string of the molecule is c1ccc(-c2nc(-c3ccccc3)nc(-c3cccc(-c4cccc(C5c6ccccc6-c6c(n(-c7ccccc7)c7ccccc67)-c6ccccc65)c4)c3)n2)cc1. The Hall–Kier alpha value is -7.69. The molecule has 2 aromatic heterocycles. The fraction of sp³-hybridized carbons (Fsp3) is 0.0185. The second-order valence-corrected chi connectivity index (χ2v) is 14.8. The van der Waals surface area contributed by atoms with Crippen molar-refractivity contribution < 1.29 is 0 Å². The first-order valence-electron chi connectivity index (χ1n) is 19.7. The lowest BCUT2D eigenvalue weighted by molar-refractivity contribution is 0.985. The highest BCUT2D eigenvalue weighted by Gasteiger charge is 2.32. The van der Waals surface area contributed by atoms with E-state index in [9.17, 15) is 0 Å². The fourth-order valence-corrected chi connectivity index (χ4v) is 8.75. The van der Waals surface area contributed by atoms with Gasteiger partial charge in [-0.2, -0.15) is 0 Å². The Bertz CT molecular complexity index is 3060. The average Bonchev–Trinajstić information content (AvgIpc) is 3.59. The van der Waals surface area contributed by atoms with Crippen LogP contribution >= 0.6 is 0 Å². The van der Waals surface area contributed by atoms with Gasteiger partial charge in [0.05, 0.1) is 11.2 Å². The molecule has 0 saturated heterocycles. The zero-order valence-corrected chi connectivity index (χ0v) is 31.6. The van der Waals surface area contributed by atoms with Gasteiger partial charge in [0.15, 0.2) is 17.5 Å². The Morgan fingerprint density at radius 2 is 0.845 bits per heavy atom. The van der Waals surface area contributed by atoms with Crippen molar-refractivity contribution in [3.05, 3.63) is 229 Å². The van der Waals surface area contributed by atoms with Crippen molar-refractivity contribution in [2.75, 3.05) is 0 Å². The van der Waals surface area contributed by atoms with Crippen molar-refractivity contribution in [1.29, 1.82) is 0 Å². The van der Waals surface area contributed by atoms with E-state index in [-0.39, 0.29) is 5.92 Å². The molecule has 0 fully saturated rings. The number of hydrogen-bond donors (Lipinski definition) is 0. The van der Waals surface area contributed by atoms with Gasteiger partial charge < -0.3 is 4.57 Å². The Balaban J connectivity index is 1.07. The van der Waals surface area contributed by atoms with Crippen LogP contribution in [0.25, 0.3) is 84.3 Å². The van der Waals surface area contributed by atoms with Gasteiger partial charge in [-0.15, -0.1) is 0 Å². The third-order valence-corrected chi connectivity index (χ3v) is 11.3. The summed E-state index contributed by atoms with van der Waals surface area (Å²) in [4.78, 5) is 15.0. The largest absolute Gasteiger partial charge is 0.309 e. The van der Waals surface area contributed by atoms with E-state index in [1.54, 1.807) is 0 Å². The van der Waals surface area contributed by atoms with Gasteiger partial charge in [-0.05, 0) is 57.6 Å². The van der Waals surface area contributed by atoms with Gasteiger partial charge in [-0.1, -0.05) is 188 Å². The standard InChI is InChI=1S/C54H36N4/c1-4-18-36(19-5-1)52-55-53(37-20-6-2-7-21-37)57-54(56-52)41-25-17-23-39(35-41)38-22-16-24-40(34-38)49-43-28-10-11-29-44(43)50-47-32-14-15-33-48(47)58(42-26-8-3-9-27-42)51(50)46-31-13-12-30-45(46)49/h1-35,49H. The molecule has 0 saturated carbocycles. The van der Waals surface area contributed by atoms with Crippen LogP contribution in [-0.2, 0) is 0 Å². The van der Waals surface area contributed by atoms with Crippen molar-refractivity contribution in [2.24, 2.45) is 0 Å². The quantitative estimate of drug-likeness (QED) is 0.170. The highest BCUT2D eigenvalue weighted by molar-refractivity contribution is 6.08. The van der Waals surface area contributed by atoms with Crippen LogP contribution in [0.2, 0.25) is 0 Å². The predicted molar refractivity (Wildman–Crippen MR) is 237 cm³/mol. The summed E-state index contributed by atoms with van der Waals surface area (Å²) >= 11 is 0. The van der Waals surface area contributed by atoms with E-state index in [1.807, 2.05) is 60.7 Å². The summed E-state index contributed by atoms with van der Waals surface area (Å²) in [6.45, 7) is 0. The van der Waals surface area contributed by atoms with E-state index in [0.717, 1.165) is 33.5 Å². The number of nitrogens with zero attached hydrogens (tertiary/aromatic N) is 4. The van der Waals surface area contributed by atoms with Crippen molar-refractivity contribution in [2.45, 2.75) is 5.92 Å². The second-order valence-electron chi connectivity index (χ2n) is 14.8. The third kappa shape index (κ3) is 5.74. The van der Waals surface area contributed by atoms with E-state index in [4.69, 9.17) is 15.0 Å². The molecule has 1 aliphatic rings. The maximum atomic E-state index is 5.03. The third-order valence-electron chi connectivity index (χ3n) is 11.3. The second kappa shape index (κ2) is 14.1. The average molecular weight is 741 g/mol. The van der Waals surface area contributed by atoms with Crippen molar-refractivity contribution in [1.82, 2.24) is 19.5 Å². The lowest BCUT2D eigenvalue weighted by atomic mass is 9.81. The van der Waals surface area contributed by atoms with Gasteiger partial charge in [-0.25, -0.2) is 15.0 Å². The molecule has 0 N–H and O–H groups in total. The van der Waals surface area contributed by atoms with Crippen LogP contribution in [0.5, 0.6) is 0 Å². The Labute approximate surface area is 337 Å². The predicted octanol–water partition coefficient (Wildman–Crippen LogP) is 13.3. The normalized spacial score (nSPS) is 13.0. The van der Waals surface area contributed by atoms with Crippen LogP contribution in [0.1, 0.15) is 22.6 Å². The summed E-state index contributed by atoms with van der Waals surface area (Å²) in [6.07, 6.45) is 0. The lowest BCUT2D eigenvalue weighted by Gasteiger charge is -2.22. The first-order valence-corrected chi connectivity index (χ1v) is 19.7. The molecule has 1 aliphatic carbocycles. The summed E-state index contributed by atoms with van der Waals surface area (Å²) in [6, 6.07) is 75.5. The van der Waals surface area contributed by atoms with E-state index in [0.29, 0.717) is 17.5 Å². The molecule has 2 heterocycles. The maximum Gasteiger partial charge on any atom is 0.164 e. The summed E-state index contributed by atoms with van der Waals surface area (Å²) in [5.41, 5.74) is 16.2. The molecule has 1 atom stereocenters. The van der Waals surface area contributed by atoms with Crippen LogP contribution < -0.4 is 0 Å². The van der Waals surface area contributed by atoms with Gasteiger partial charge in [0.1, 0.15) is 0 Å². The summed E-state index contributed by atoms with van der Waals surface area (Å²) in [5, 5.41) is 1.25. The molecule has 0 amide bonds. The first-order chi connectivity index (χ1) is 28.8. The minimum Gasteiger partial charge on any atom is -0.309 e. The fourth-order valence-electron chi connectivity index (χ4n) is 8.75. The monoisotopic (exact) mass is 740 g/mol. The number of para-hydroxylation sites is 2. The zero-order chi connectivity index (χ0) is 38.4. The minimum atomic E-state index is -0.00342. The summed E-state index contributed by atoms with van der Waals surface area (Å²) in [7, 11) is 0. The molecule has 272 valence electrons. The molecule has 58 heavy (non-hydrogen) atoms. The van der Waals surface area contributed by atoms with Crippen molar-refractivity contribution in [3.8, 4) is 73.4 Å². The molecular weight excluding hydrogens is 705 g/mol. The van der Waals surface area contributed by atoms with Gasteiger partial charge in [0, 0.05) is 44.8 Å². The van der Waals surface area contributed by atoms with Crippen LogP contribution in [-0.4, -0.2) is 19.5 Å². The Morgan fingerprint density at radius 3 is 1.53 bits per heavy atom. The number of hydrogen-bond acceptors (Lipinski definition) is 3. The lowest BCUT2D eigenvalue weighted by Crippen LogP contribution is -2.06. The van der Waals surface area contributed by atoms with E-state index < -0.39 is 0 Å². The highest BCUT2D eigenvalue weighted by Crippen LogP contribution is 2.52. The van der Waals surface area contributed by atoms with Gasteiger partial charge >= 0.3 is 0 Å². The zero-order valence-electron chi connectivity index (χ0n) is 31.6. The Kier molecular flexibility index (Phi) is 8.18. The van der Waals surface area contributed by atoms with Crippen LogP contribution in [0.4, 0.5) is 0 Å². The number of fused-ring (bicyclic) bond motifs is 7. The topological polar surface area (TPSA) is 43.6 Å². The molecule has 0 radical (unpaired) electrons. The molecular formula is C54H36N4. The molecule has 8 aromatic carbocycles. The highest BCUT2D eigenvalue weighted by atomic mass is 15.0. The van der Waals surface area contributed by atoms with E-state index >= 15 is 0 Å². The van der Waals surface area contributed by atoms with Gasteiger partial charge in [-0.3, -0.25) is 0 Å². The van der Waals surface area contributed by atoms with E-state index in [1.165, 1.54) is 50.0 Å². The molecule has 1 unspecified atom stereocenters. The number of benzene rings is 8. The minimum absolute atomic E-state index is 0.00342. The molecule has 0 aliphatic heterocycles. The van der Waals surface area contributed by atoms with Gasteiger partial charge in [0.2, 0.25) is 0 Å². The van der Waals surface area contributed by atoms with E-state index in [2.05, 4.69) is 156 Å². The van der Waals surface area contributed by atoms with Crippen molar-refractivity contribution in [3.63, 3.8) is 0 Å². The maximum absolute atomic E-state index is 5.03. The number of rotatable bonds is 6. The van der Waals surface area contributed by atoms with Crippen LogP contribution in [0.15, 0.2) is 212 Å². The summed E-state index contributed by atoms with van der Waals surface area (Å²) < 4.78 is 2.46. The molecule has 4 heteroatoms. The Morgan fingerprint density at radius 1 is 0.362 bits per heavy atom. The molecule has 10 aromatic rings. The molecule has 11 rings (SSSR count). The summed E-state index contributed by atoms with van der Waals surface area (Å²) in [5.74, 6) is 1.94.